The standard InChI is InChI=1S/C29H28FNO5/c1-29(2,3)21-6-12-24(13-7-21)36-25-14-10-23(11-15-25)31-17-20(16-27(31)33)28(34)35-18-26(32)19-4-8-22(30)9-5-19/h4-15,20H,16-18H2,1-3H3/t20-/m1/s1. The number of anilines is 1. The Morgan fingerprint density at radius 3 is 2.08 bits per heavy atom. The fourth-order valence-corrected chi connectivity index (χ4v) is 3.94. The van der Waals surface area contributed by atoms with E-state index in [1.54, 1.807) is 24.3 Å². The van der Waals surface area contributed by atoms with Crippen LogP contribution in [0.3, 0.4) is 0 Å². The molecule has 3 aromatic rings. The van der Waals surface area contributed by atoms with Gasteiger partial charge in [0.2, 0.25) is 5.91 Å². The van der Waals surface area contributed by atoms with Crippen molar-refractivity contribution in [3.63, 3.8) is 0 Å². The third-order valence-electron chi connectivity index (χ3n) is 6.07. The summed E-state index contributed by atoms with van der Waals surface area (Å²) in [6.07, 6.45) is 0.00193. The molecular weight excluding hydrogens is 461 g/mol. The molecule has 1 heterocycles. The molecule has 0 radical (unpaired) electrons. The number of nitrogens with zero attached hydrogens (tertiary/aromatic N) is 1. The number of ether oxygens (including phenoxy) is 2. The molecule has 0 saturated carbocycles. The molecule has 1 amide bonds. The monoisotopic (exact) mass is 489 g/mol. The SMILES string of the molecule is CC(C)(C)c1ccc(Oc2ccc(N3C[C@H](C(=O)OCC(=O)c4ccc(F)cc4)CC3=O)cc2)cc1. The first-order chi connectivity index (χ1) is 17.1. The molecule has 6 nitrogen and oxygen atoms in total. The van der Waals surface area contributed by atoms with Crippen molar-refractivity contribution in [2.45, 2.75) is 32.6 Å². The highest BCUT2D eigenvalue weighted by Gasteiger charge is 2.36. The Labute approximate surface area is 209 Å². The number of amides is 1. The number of hydrogen-bond donors (Lipinski definition) is 0. The average Bonchev–Trinajstić information content (AvgIpc) is 3.24. The van der Waals surface area contributed by atoms with E-state index in [-0.39, 0.29) is 29.9 Å². The van der Waals surface area contributed by atoms with Gasteiger partial charge in [-0.1, -0.05) is 32.9 Å². The van der Waals surface area contributed by atoms with Crippen molar-refractivity contribution in [1.82, 2.24) is 0 Å². The largest absolute Gasteiger partial charge is 0.457 e. The third-order valence-corrected chi connectivity index (χ3v) is 6.07. The van der Waals surface area contributed by atoms with E-state index in [4.69, 9.17) is 9.47 Å². The van der Waals surface area contributed by atoms with E-state index < -0.39 is 30.1 Å². The fourth-order valence-electron chi connectivity index (χ4n) is 3.94. The molecule has 186 valence electrons. The summed E-state index contributed by atoms with van der Waals surface area (Å²) in [7, 11) is 0. The number of carbonyl (C=O) groups excluding carboxylic acids is 3. The second kappa shape index (κ2) is 10.3. The zero-order valence-corrected chi connectivity index (χ0v) is 20.5. The van der Waals surface area contributed by atoms with Crippen molar-refractivity contribution in [3.8, 4) is 11.5 Å². The molecule has 36 heavy (non-hydrogen) atoms. The van der Waals surface area contributed by atoms with Crippen LogP contribution in [0.15, 0.2) is 72.8 Å². The van der Waals surface area contributed by atoms with Crippen LogP contribution in [0.5, 0.6) is 11.5 Å². The first kappa shape index (κ1) is 25.1. The Balaban J connectivity index is 1.32. The van der Waals surface area contributed by atoms with Crippen LogP contribution < -0.4 is 9.64 Å². The number of ketones is 1. The number of esters is 1. The van der Waals surface area contributed by atoms with Gasteiger partial charge in [-0.15, -0.1) is 0 Å². The van der Waals surface area contributed by atoms with Gasteiger partial charge in [-0.25, -0.2) is 4.39 Å². The van der Waals surface area contributed by atoms with Crippen molar-refractivity contribution in [3.05, 3.63) is 89.7 Å². The highest BCUT2D eigenvalue weighted by Crippen LogP contribution is 2.30. The van der Waals surface area contributed by atoms with Gasteiger partial charge in [0.15, 0.2) is 12.4 Å². The predicted octanol–water partition coefficient (Wildman–Crippen LogP) is 5.69. The average molecular weight is 490 g/mol. The van der Waals surface area contributed by atoms with Gasteiger partial charge in [0, 0.05) is 24.2 Å². The lowest BCUT2D eigenvalue weighted by Crippen LogP contribution is -2.27. The summed E-state index contributed by atoms with van der Waals surface area (Å²) in [4.78, 5) is 38.7. The predicted molar refractivity (Wildman–Crippen MR) is 134 cm³/mol. The van der Waals surface area contributed by atoms with Gasteiger partial charge >= 0.3 is 5.97 Å². The van der Waals surface area contributed by atoms with E-state index in [0.717, 1.165) is 0 Å². The van der Waals surface area contributed by atoms with Crippen LogP contribution >= 0.6 is 0 Å². The molecule has 3 aromatic carbocycles. The topological polar surface area (TPSA) is 72.9 Å². The molecule has 0 aromatic heterocycles. The van der Waals surface area contributed by atoms with Gasteiger partial charge < -0.3 is 14.4 Å². The fraction of sp³-hybridized carbons (Fsp3) is 0.276. The number of hydrogen-bond acceptors (Lipinski definition) is 5. The Morgan fingerprint density at radius 1 is 0.917 bits per heavy atom. The van der Waals surface area contributed by atoms with Gasteiger partial charge in [0.25, 0.3) is 0 Å². The molecule has 7 heteroatoms. The number of Topliss-reactive ketones (excluding diaryl/α,β-unsaturated/α-hetero) is 1. The molecule has 0 bridgehead atoms. The first-order valence-corrected chi connectivity index (χ1v) is 11.7. The van der Waals surface area contributed by atoms with Crippen LogP contribution in [-0.4, -0.2) is 30.8 Å². The number of halogens is 1. The highest BCUT2D eigenvalue weighted by atomic mass is 19.1. The van der Waals surface area contributed by atoms with E-state index in [9.17, 15) is 18.8 Å². The lowest BCUT2D eigenvalue weighted by molar-refractivity contribution is -0.147. The molecule has 1 saturated heterocycles. The summed E-state index contributed by atoms with van der Waals surface area (Å²) in [5, 5.41) is 0. The molecule has 4 rings (SSSR count). The van der Waals surface area contributed by atoms with Crippen molar-refractivity contribution >= 4 is 23.3 Å². The number of rotatable bonds is 7. The van der Waals surface area contributed by atoms with Crippen molar-refractivity contribution in [1.29, 1.82) is 0 Å². The van der Waals surface area contributed by atoms with Crippen molar-refractivity contribution < 1.29 is 28.2 Å². The molecule has 0 unspecified atom stereocenters. The summed E-state index contributed by atoms with van der Waals surface area (Å²) < 4.78 is 24.1. The molecule has 1 aliphatic heterocycles. The summed E-state index contributed by atoms with van der Waals surface area (Å²) in [6, 6.07) is 20.0. The third kappa shape index (κ3) is 5.97. The second-order valence-corrected chi connectivity index (χ2v) is 9.81. The smallest absolute Gasteiger partial charge is 0.311 e. The minimum Gasteiger partial charge on any atom is -0.457 e. The maximum atomic E-state index is 13.0. The summed E-state index contributed by atoms with van der Waals surface area (Å²) in [5.41, 5.74) is 2.17. The molecule has 0 spiro atoms. The first-order valence-electron chi connectivity index (χ1n) is 11.7. The minimum atomic E-state index is -0.671. The molecule has 0 N–H and O–H groups in total. The van der Waals surface area contributed by atoms with Gasteiger partial charge in [-0.3, -0.25) is 14.4 Å². The van der Waals surface area contributed by atoms with Crippen LogP contribution in [0.1, 0.15) is 43.1 Å². The Morgan fingerprint density at radius 2 is 1.50 bits per heavy atom. The lowest BCUT2D eigenvalue weighted by atomic mass is 9.87. The number of benzene rings is 3. The van der Waals surface area contributed by atoms with E-state index in [0.29, 0.717) is 17.2 Å². The van der Waals surface area contributed by atoms with Gasteiger partial charge in [0.1, 0.15) is 17.3 Å². The zero-order chi connectivity index (χ0) is 25.9. The van der Waals surface area contributed by atoms with E-state index in [2.05, 4.69) is 20.8 Å². The molecule has 1 aliphatic rings. The Kier molecular flexibility index (Phi) is 7.20. The van der Waals surface area contributed by atoms with Crippen LogP contribution in [0.2, 0.25) is 0 Å². The molecular formula is C29H28FNO5. The maximum absolute atomic E-state index is 13.0. The minimum absolute atomic E-state index is 0.00193. The maximum Gasteiger partial charge on any atom is 0.311 e. The van der Waals surface area contributed by atoms with Crippen LogP contribution in [0.25, 0.3) is 0 Å². The number of carbonyl (C=O) groups is 3. The molecule has 1 atom stereocenters. The second-order valence-electron chi connectivity index (χ2n) is 9.81. The molecule has 0 aliphatic carbocycles. The van der Waals surface area contributed by atoms with Gasteiger partial charge in [-0.2, -0.15) is 0 Å². The van der Waals surface area contributed by atoms with E-state index >= 15 is 0 Å². The van der Waals surface area contributed by atoms with Crippen LogP contribution in [-0.2, 0) is 19.7 Å². The van der Waals surface area contributed by atoms with Crippen LogP contribution in [0.4, 0.5) is 10.1 Å². The van der Waals surface area contributed by atoms with E-state index in [1.165, 1.54) is 34.7 Å². The van der Waals surface area contributed by atoms with Gasteiger partial charge in [0.05, 0.1) is 5.92 Å². The Bertz CT molecular complexity index is 1240. The Hall–Kier alpha value is -4.00. The summed E-state index contributed by atoms with van der Waals surface area (Å²) in [5.74, 6) is -1.03. The zero-order valence-electron chi connectivity index (χ0n) is 20.5. The van der Waals surface area contributed by atoms with Gasteiger partial charge in [-0.05, 0) is 71.6 Å². The quantitative estimate of drug-likeness (QED) is 0.315. The highest BCUT2D eigenvalue weighted by molar-refractivity contribution is 6.01. The van der Waals surface area contributed by atoms with Crippen molar-refractivity contribution in [2.24, 2.45) is 5.92 Å². The normalized spacial score (nSPS) is 15.6. The lowest BCUT2D eigenvalue weighted by Gasteiger charge is -2.19. The van der Waals surface area contributed by atoms with Crippen LogP contribution in [0, 0.1) is 11.7 Å². The summed E-state index contributed by atoms with van der Waals surface area (Å²) >= 11 is 0. The summed E-state index contributed by atoms with van der Waals surface area (Å²) in [6.45, 7) is 6.16. The molecule has 1 fully saturated rings. The van der Waals surface area contributed by atoms with E-state index in [1.807, 2.05) is 24.3 Å². The van der Waals surface area contributed by atoms with Crippen molar-refractivity contribution in [2.75, 3.05) is 18.1 Å².